The van der Waals surface area contributed by atoms with Gasteiger partial charge in [-0.2, -0.15) is 0 Å². The maximum Gasteiger partial charge on any atom is 0.0314 e. The van der Waals surface area contributed by atoms with Gasteiger partial charge in [-0.3, -0.25) is 0 Å². The van der Waals surface area contributed by atoms with Crippen molar-refractivity contribution in [2.24, 2.45) is 0 Å². The first-order valence-electron chi connectivity index (χ1n) is 3.42. The lowest BCUT2D eigenvalue weighted by Gasteiger charge is -1.95. The van der Waals surface area contributed by atoms with Crippen molar-refractivity contribution in [3.05, 3.63) is 40.9 Å². The number of hydrogen-bond donors (Lipinski definition) is 1. The predicted octanol–water partition coefficient (Wildman–Crippen LogP) is 2.72. The molecule has 11 heavy (non-hydrogen) atoms. The van der Waals surface area contributed by atoms with E-state index in [-0.39, 0.29) is 0 Å². The summed E-state index contributed by atoms with van der Waals surface area (Å²) < 4.78 is 0. The third-order valence-electron chi connectivity index (χ3n) is 1.42. The molecular weight excluding hydrogens is 202 g/mol. The molecular formula is C9H10BrN. The van der Waals surface area contributed by atoms with E-state index in [1.807, 2.05) is 35.3 Å². The van der Waals surface area contributed by atoms with E-state index in [2.05, 4.69) is 15.9 Å². The standard InChI is InChI=1S/C9H10BrN/c10-7-1-2-8-3-5-9(11)6-4-8/h1,3-7H,2,11H2. The van der Waals surface area contributed by atoms with Gasteiger partial charge >= 0.3 is 0 Å². The van der Waals surface area contributed by atoms with E-state index >= 15 is 0 Å². The fraction of sp³-hybridized carbons (Fsp3) is 0.111. The summed E-state index contributed by atoms with van der Waals surface area (Å²) in [4.78, 5) is 1.86. The summed E-state index contributed by atoms with van der Waals surface area (Å²) in [5, 5.41) is 0. The Hall–Kier alpha value is -0.760. The highest BCUT2D eigenvalue weighted by Crippen LogP contribution is 2.06. The van der Waals surface area contributed by atoms with Gasteiger partial charge in [0.05, 0.1) is 0 Å². The van der Waals surface area contributed by atoms with Crippen molar-refractivity contribution < 1.29 is 0 Å². The molecule has 1 aromatic rings. The second-order valence-electron chi connectivity index (χ2n) is 2.31. The first kappa shape index (κ1) is 8.34. The zero-order chi connectivity index (χ0) is 8.10. The average molecular weight is 212 g/mol. The lowest BCUT2D eigenvalue weighted by molar-refractivity contribution is 1.28. The fourth-order valence-corrected chi connectivity index (χ4v) is 1.02. The van der Waals surface area contributed by atoms with Crippen LogP contribution in [0.25, 0.3) is 0 Å². The summed E-state index contributed by atoms with van der Waals surface area (Å²) >= 11 is 3.22. The second kappa shape index (κ2) is 4.19. The SMILES string of the molecule is Nc1ccc(CC=CBr)cc1. The molecule has 0 atom stereocenters. The van der Waals surface area contributed by atoms with E-state index < -0.39 is 0 Å². The minimum absolute atomic E-state index is 0.816. The molecule has 0 aliphatic carbocycles. The van der Waals surface area contributed by atoms with Gasteiger partial charge in [-0.05, 0) is 29.1 Å². The predicted molar refractivity (Wildman–Crippen MR) is 52.6 cm³/mol. The van der Waals surface area contributed by atoms with Gasteiger partial charge in [0.2, 0.25) is 0 Å². The lowest BCUT2D eigenvalue weighted by Crippen LogP contribution is -1.85. The largest absolute Gasteiger partial charge is 0.399 e. The Kier molecular flexibility index (Phi) is 3.17. The molecule has 1 aromatic carbocycles. The minimum atomic E-state index is 0.816. The van der Waals surface area contributed by atoms with Crippen LogP contribution in [0.1, 0.15) is 5.56 Å². The van der Waals surface area contributed by atoms with E-state index in [1.54, 1.807) is 0 Å². The molecule has 0 radical (unpaired) electrons. The Morgan fingerprint density at radius 3 is 2.45 bits per heavy atom. The molecule has 0 fully saturated rings. The van der Waals surface area contributed by atoms with Crippen LogP contribution in [-0.4, -0.2) is 0 Å². The zero-order valence-electron chi connectivity index (χ0n) is 6.13. The van der Waals surface area contributed by atoms with Gasteiger partial charge in [0.1, 0.15) is 0 Å². The highest BCUT2D eigenvalue weighted by Gasteiger charge is 1.87. The smallest absolute Gasteiger partial charge is 0.0314 e. The highest BCUT2D eigenvalue weighted by molar-refractivity contribution is 9.11. The summed E-state index contributed by atoms with van der Waals surface area (Å²) in [7, 11) is 0. The van der Waals surface area contributed by atoms with Crippen molar-refractivity contribution >= 4 is 21.6 Å². The summed E-state index contributed by atoms with van der Waals surface area (Å²) in [6.07, 6.45) is 3.00. The molecule has 0 bridgehead atoms. The molecule has 1 rings (SSSR count). The molecule has 2 N–H and O–H groups in total. The highest BCUT2D eigenvalue weighted by atomic mass is 79.9. The number of allylic oxidation sites excluding steroid dienone is 1. The van der Waals surface area contributed by atoms with Crippen LogP contribution in [0.5, 0.6) is 0 Å². The van der Waals surface area contributed by atoms with Crippen LogP contribution in [0.4, 0.5) is 5.69 Å². The van der Waals surface area contributed by atoms with Crippen molar-refractivity contribution in [1.82, 2.24) is 0 Å². The van der Waals surface area contributed by atoms with Crippen LogP contribution >= 0.6 is 15.9 Å². The molecule has 0 spiro atoms. The van der Waals surface area contributed by atoms with Crippen molar-refractivity contribution in [2.75, 3.05) is 5.73 Å². The third kappa shape index (κ3) is 2.76. The summed E-state index contributed by atoms with van der Waals surface area (Å²) in [5.74, 6) is 0. The maximum atomic E-state index is 5.53. The molecule has 0 saturated carbocycles. The van der Waals surface area contributed by atoms with Gasteiger partial charge in [0.15, 0.2) is 0 Å². The molecule has 1 nitrogen and oxygen atoms in total. The summed E-state index contributed by atoms with van der Waals surface area (Å²) in [6, 6.07) is 7.89. The Bertz CT molecular complexity index is 238. The van der Waals surface area contributed by atoms with Gasteiger partial charge in [0, 0.05) is 5.69 Å². The van der Waals surface area contributed by atoms with Crippen LogP contribution in [0, 0.1) is 0 Å². The van der Waals surface area contributed by atoms with E-state index in [0.717, 1.165) is 12.1 Å². The number of benzene rings is 1. The Labute approximate surface area is 75.0 Å². The molecule has 0 aliphatic heterocycles. The molecule has 0 heterocycles. The maximum absolute atomic E-state index is 5.53. The number of nitrogens with two attached hydrogens (primary N) is 1. The van der Waals surface area contributed by atoms with Crippen molar-refractivity contribution in [1.29, 1.82) is 0 Å². The van der Waals surface area contributed by atoms with Crippen LogP contribution in [0.3, 0.4) is 0 Å². The second-order valence-corrected chi connectivity index (χ2v) is 2.84. The lowest BCUT2D eigenvalue weighted by atomic mass is 10.1. The van der Waals surface area contributed by atoms with Gasteiger partial charge < -0.3 is 5.73 Å². The Morgan fingerprint density at radius 1 is 1.27 bits per heavy atom. The van der Waals surface area contributed by atoms with E-state index in [1.165, 1.54) is 5.56 Å². The van der Waals surface area contributed by atoms with Crippen molar-refractivity contribution in [3.8, 4) is 0 Å². The Balaban J connectivity index is 2.66. The molecule has 0 saturated heterocycles. The minimum Gasteiger partial charge on any atom is -0.399 e. The number of anilines is 1. The molecule has 2 heteroatoms. The fourth-order valence-electron chi connectivity index (χ4n) is 0.834. The summed E-state index contributed by atoms with van der Waals surface area (Å²) in [6.45, 7) is 0. The van der Waals surface area contributed by atoms with Crippen molar-refractivity contribution in [3.63, 3.8) is 0 Å². The Morgan fingerprint density at radius 2 is 1.91 bits per heavy atom. The first-order chi connectivity index (χ1) is 5.33. The van der Waals surface area contributed by atoms with Gasteiger partial charge in [-0.25, -0.2) is 0 Å². The van der Waals surface area contributed by atoms with Crippen LogP contribution < -0.4 is 5.73 Å². The molecule has 58 valence electrons. The van der Waals surface area contributed by atoms with Crippen LogP contribution in [0.2, 0.25) is 0 Å². The normalized spacial score (nSPS) is 10.6. The van der Waals surface area contributed by atoms with E-state index in [0.29, 0.717) is 0 Å². The molecule has 0 aromatic heterocycles. The molecule has 0 unspecified atom stereocenters. The zero-order valence-corrected chi connectivity index (χ0v) is 7.71. The topological polar surface area (TPSA) is 26.0 Å². The van der Waals surface area contributed by atoms with Gasteiger partial charge in [-0.15, -0.1) is 0 Å². The van der Waals surface area contributed by atoms with Crippen molar-refractivity contribution in [2.45, 2.75) is 6.42 Å². The monoisotopic (exact) mass is 211 g/mol. The number of hydrogen-bond acceptors (Lipinski definition) is 1. The van der Waals surface area contributed by atoms with Crippen LogP contribution in [-0.2, 0) is 6.42 Å². The quantitative estimate of drug-likeness (QED) is 0.749. The van der Waals surface area contributed by atoms with E-state index in [9.17, 15) is 0 Å². The molecule has 0 aliphatic rings. The number of halogens is 1. The third-order valence-corrected chi connectivity index (χ3v) is 1.80. The van der Waals surface area contributed by atoms with Crippen LogP contribution in [0.15, 0.2) is 35.3 Å². The summed E-state index contributed by atoms with van der Waals surface area (Å²) in [5.41, 5.74) is 7.62. The molecule has 0 amide bonds. The number of nitrogen functional groups attached to an aromatic ring is 1. The first-order valence-corrected chi connectivity index (χ1v) is 4.34. The van der Waals surface area contributed by atoms with Gasteiger partial charge in [-0.1, -0.05) is 34.1 Å². The van der Waals surface area contributed by atoms with E-state index in [4.69, 9.17) is 5.73 Å². The van der Waals surface area contributed by atoms with Gasteiger partial charge in [0.25, 0.3) is 0 Å². The number of rotatable bonds is 2. The average Bonchev–Trinajstić information content (AvgIpc) is 2.04.